The molecule has 0 aliphatic carbocycles. The fourth-order valence-electron chi connectivity index (χ4n) is 3.09. The molecule has 1 spiro atoms. The van der Waals surface area contributed by atoms with Crippen LogP contribution in [0.2, 0.25) is 0 Å². The van der Waals surface area contributed by atoms with Gasteiger partial charge in [0.15, 0.2) is 0 Å². The van der Waals surface area contributed by atoms with Gasteiger partial charge < -0.3 is 20.1 Å². The molecule has 1 fully saturated rings. The Labute approximate surface area is 148 Å². The molecule has 0 bridgehead atoms. The first-order chi connectivity index (χ1) is 12.3. The number of carbonyl (C=O) groups is 2. The van der Waals surface area contributed by atoms with Crippen molar-refractivity contribution in [2.75, 3.05) is 17.2 Å². The molecule has 2 amide bonds. The van der Waals surface area contributed by atoms with Crippen LogP contribution in [0, 0.1) is 0 Å². The lowest BCUT2D eigenvalue weighted by Gasteiger charge is -2.37. The zero-order valence-corrected chi connectivity index (χ0v) is 14.1. The highest BCUT2D eigenvalue weighted by Gasteiger charge is 2.53. The number of hydrogen-bond acceptors (Lipinski definition) is 4. The van der Waals surface area contributed by atoms with Gasteiger partial charge in [0.05, 0.1) is 18.4 Å². The summed E-state index contributed by atoms with van der Waals surface area (Å²) in [7, 11) is 0. The predicted octanol–water partition coefficient (Wildman–Crippen LogP) is 3.29. The second kappa shape index (κ2) is 6.88. The molecule has 9 heteroatoms. The molecule has 0 saturated carbocycles. The van der Waals surface area contributed by atoms with Gasteiger partial charge in [0, 0.05) is 11.3 Å². The van der Waals surface area contributed by atoms with Gasteiger partial charge in [-0.2, -0.15) is 13.2 Å². The van der Waals surface area contributed by atoms with E-state index in [1.54, 1.807) is 5.32 Å². The lowest BCUT2D eigenvalue weighted by Crippen LogP contribution is -2.47. The van der Waals surface area contributed by atoms with Crippen LogP contribution < -0.4 is 10.6 Å². The van der Waals surface area contributed by atoms with Crippen LogP contribution in [0.25, 0.3) is 0 Å². The second-order valence-electron chi connectivity index (χ2n) is 6.30. The molecule has 1 aromatic carbocycles. The lowest BCUT2D eigenvalue weighted by atomic mass is 10.0. The Balaban J connectivity index is 1.88. The Kier molecular flexibility index (Phi) is 4.94. The number of nitrogens with one attached hydrogen (secondary N) is 2. The first kappa shape index (κ1) is 18.7. The molecular weight excluding hydrogens is 353 g/mol. The summed E-state index contributed by atoms with van der Waals surface area (Å²) < 4.78 is 48.9. The van der Waals surface area contributed by atoms with E-state index in [0.717, 1.165) is 19.3 Å². The Morgan fingerprint density at radius 2 is 2.19 bits per heavy atom. The van der Waals surface area contributed by atoms with Crippen molar-refractivity contribution in [3.63, 3.8) is 0 Å². The van der Waals surface area contributed by atoms with Crippen molar-refractivity contribution < 1.29 is 32.2 Å². The zero-order chi connectivity index (χ0) is 18.9. The van der Waals surface area contributed by atoms with Gasteiger partial charge in [-0.1, -0.05) is 19.8 Å². The maximum Gasteiger partial charge on any atom is 0.471 e. The molecule has 2 aliphatic heterocycles. The van der Waals surface area contributed by atoms with Crippen molar-refractivity contribution in [2.45, 2.75) is 50.7 Å². The SMILES string of the molecule is CCCC[C@@H]1CCOC2(O1)C(=O)Nc1ccc(NC(=O)C(F)(F)F)cc12. The highest BCUT2D eigenvalue weighted by molar-refractivity contribution is 6.05. The van der Waals surface area contributed by atoms with Gasteiger partial charge in [0.1, 0.15) is 0 Å². The van der Waals surface area contributed by atoms with Crippen LogP contribution in [0.4, 0.5) is 24.5 Å². The molecule has 1 saturated heterocycles. The van der Waals surface area contributed by atoms with E-state index in [9.17, 15) is 22.8 Å². The third-order valence-corrected chi connectivity index (χ3v) is 4.39. The van der Waals surface area contributed by atoms with E-state index in [1.807, 2.05) is 6.92 Å². The molecule has 2 heterocycles. The van der Waals surface area contributed by atoms with E-state index in [4.69, 9.17) is 9.47 Å². The van der Waals surface area contributed by atoms with Crippen molar-refractivity contribution in [1.29, 1.82) is 0 Å². The number of alkyl halides is 3. The lowest BCUT2D eigenvalue weighted by molar-refractivity contribution is -0.281. The summed E-state index contributed by atoms with van der Waals surface area (Å²) in [5, 5.41) is 4.40. The quantitative estimate of drug-likeness (QED) is 0.850. The standard InChI is InChI=1S/C17H19F3N2O4/c1-2-3-4-11-7-8-25-16(26-11)12-9-10(21-15(24)17(18,19)20)5-6-13(12)22-14(16)23/h5-6,9,11H,2-4,7-8H2,1H3,(H,21,24)(H,22,23)/t11-,16?/m1/s1. The number of benzene rings is 1. The van der Waals surface area contributed by atoms with Gasteiger partial charge in [0.25, 0.3) is 11.7 Å². The Bertz CT molecular complexity index is 722. The zero-order valence-electron chi connectivity index (χ0n) is 14.1. The maximum atomic E-state index is 12.5. The normalized spacial score (nSPS) is 25.1. The minimum absolute atomic E-state index is 0.0927. The van der Waals surface area contributed by atoms with Gasteiger partial charge in [-0.15, -0.1) is 0 Å². The predicted molar refractivity (Wildman–Crippen MR) is 86.4 cm³/mol. The molecule has 26 heavy (non-hydrogen) atoms. The average molecular weight is 372 g/mol. The number of hydrogen-bond donors (Lipinski definition) is 2. The maximum absolute atomic E-state index is 12.5. The summed E-state index contributed by atoms with van der Waals surface area (Å²) in [5.41, 5.74) is 0.560. The van der Waals surface area contributed by atoms with E-state index in [2.05, 4.69) is 5.32 Å². The summed E-state index contributed by atoms with van der Waals surface area (Å²) in [6.45, 7) is 2.34. The summed E-state index contributed by atoms with van der Waals surface area (Å²) >= 11 is 0. The van der Waals surface area contributed by atoms with Gasteiger partial charge in [-0.05, 0) is 31.0 Å². The molecule has 6 nitrogen and oxygen atoms in total. The molecule has 1 unspecified atom stereocenters. The number of halogens is 3. The fourth-order valence-corrected chi connectivity index (χ4v) is 3.09. The molecule has 0 radical (unpaired) electrons. The van der Waals surface area contributed by atoms with Crippen LogP contribution in [0.5, 0.6) is 0 Å². The van der Waals surface area contributed by atoms with Crippen molar-refractivity contribution >= 4 is 23.2 Å². The number of anilines is 2. The van der Waals surface area contributed by atoms with Crippen LogP contribution >= 0.6 is 0 Å². The molecule has 0 aromatic heterocycles. The van der Waals surface area contributed by atoms with E-state index >= 15 is 0 Å². The van der Waals surface area contributed by atoms with E-state index in [1.165, 1.54) is 18.2 Å². The highest BCUT2D eigenvalue weighted by atomic mass is 19.4. The van der Waals surface area contributed by atoms with Gasteiger partial charge in [-0.25, -0.2) is 0 Å². The molecular formula is C17H19F3N2O4. The van der Waals surface area contributed by atoms with Gasteiger partial charge >= 0.3 is 12.1 Å². The molecule has 2 atom stereocenters. The first-order valence-electron chi connectivity index (χ1n) is 8.42. The molecule has 3 rings (SSSR count). The summed E-state index contributed by atoms with van der Waals surface area (Å²) in [6, 6.07) is 3.97. The largest absolute Gasteiger partial charge is 0.471 e. The summed E-state index contributed by atoms with van der Waals surface area (Å²) in [6.07, 6.45) is -1.90. The number of fused-ring (bicyclic) bond motifs is 2. The summed E-state index contributed by atoms with van der Waals surface area (Å²) in [5.74, 6) is -4.30. The van der Waals surface area contributed by atoms with Crippen molar-refractivity contribution in [3.05, 3.63) is 23.8 Å². The average Bonchev–Trinajstić information content (AvgIpc) is 2.84. The monoisotopic (exact) mass is 372 g/mol. The number of unbranched alkanes of at least 4 members (excludes halogenated alkanes) is 1. The fraction of sp³-hybridized carbons (Fsp3) is 0.529. The Hall–Kier alpha value is -2.13. The van der Waals surface area contributed by atoms with Crippen molar-refractivity contribution in [3.8, 4) is 0 Å². The minimum atomic E-state index is -5.01. The second-order valence-corrected chi connectivity index (χ2v) is 6.30. The van der Waals surface area contributed by atoms with E-state index < -0.39 is 23.8 Å². The van der Waals surface area contributed by atoms with Crippen LogP contribution in [0.15, 0.2) is 18.2 Å². The van der Waals surface area contributed by atoms with Crippen LogP contribution in [-0.2, 0) is 24.8 Å². The number of carbonyl (C=O) groups excluding carboxylic acids is 2. The van der Waals surface area contributed by atoms with Crippen LogP contribution in [0.1, 0.15) is 38.2 Å². The molecule has 2 N–H and O–H groups in total. The van der Waals surface area contributed by atoms with Gasteiger partial charge in [0.2, 0.25) is 0 Å². The van der Waals surface area contributed by atoms with E-state index in [0.29, 0.717) is 18.7 Å². The third-order valence-electron chi connectivity index (χ3n) is 4.39. The minimum Gasteiger partial charge on any atom is -0.338 e. The number of rotatable bonds is 4. The highest BCUT2D eigenvalue weighted by Crippen LogP contribution is 2.44. The Morgan fingerprint density at radius 3 is 2.88 bits per heavy atom. The van der Waals surface area contributed by atoms with Gasteiger partial charge in [-0.3, -0.25) is 9.59 Å². The number of amides is 2. The van der Waals surface area contributed by atoms with Crippen LogP contribution in [-0.4, -0.2) is 30.7 Å². The smallest absolute Gasteiger partial charge is 0.338 e. The van der Waals surface area contributed by atoms with Crippen molar-refractivity contribution in [1.82, 2.24) is 0 Å². The third kappa shape index (κ3) is 3.41. The first-order valence-corrected chi connectivity index (χ1v) is 8.42. The molecule has 142 valence electrons. The van der Waals surface area contributed by atoms with Crippen molar-refractivity contribution in [2.24, 2.45) is 0 Å². The number of ether oxygens (including phenoxy) is 2. The topological polar surface area (TPSA) is 76.7 Å². The molecule has 1 aromatic rings. The summed E-state index contributed by atoms with van der Waals surface area (Å²) in [4.78, 5) is 23.6. The van der Waals surface area contributed by atoms with E-state index in [-0.39, 0.29) is 17.4 Å². The van der Waals surface area contributed by atoms with Crippen LogP contribution in [0.3, 0.4) is 0 Å². The molecule has 2 aliphatic rings. The Morgan fingerprint density at radius 1 is 1.42 bits per heavy atom.